The van der Waals surface area contributed by atoms with Crippen molar-refractivity contribution >= 4 is 40.7 Å². The van der Waals surface area contributed by atoms with Crippen LogP contribution in [-0.4, -0.2) is 60.4 Å². The van der Waals surface area contributed by atoms with Crippen LogP contribution in [0.1, 0.15) is 17.2 Å². The number of ether oxygens (including phenoxy) is 1. The molecule has 168 valence electrons. The molecule has 1 saturated heterocycles. The Morgan fingerprint density at radius 3 is 2.44 bits per heavy atom. The molecule has 1 heterocycles. The molecule has 1 unspecified atom stereocenters. The lowest BCUT2D eigenvalue weighted by Gasteiger charge is -2.26. The van der Waals surface area contributed by atoms with Crippen LogP contribution in [0.15, 0.2) is 60.7 Å². The van der Waals surface area contributed by atoms with Crippen molar-refractivity contribution in [3.8, 4) is 5.75 Å². The third-order valence-electron chi connectivity index (χ3n) is 5.08. The lowest BCUT2D eigenvalue weighted by molar-refractivity contribution is -0.140. The van der Waals surface area contributed by atoms with Crippen molar-refractivity contribution < 1.29 is 19.4 Å². The summed E-state index contributed by atoms with van der Waals surface area (Å²) < 4.78 is 5.46. The van der Waals surface area contributed by atoms with Gasteiger partial charge in [-0.25, -0.2) is 0 Å². The van der Waals surface area contributed by atoms with Gasteiger partial charge in [0, 0.05) is 18.7 Å². The summed E-state index contributed by atoms with van der Waals surface area (Å²) in [6.45, 7) is 4.79. The first-order valence-corrected chi connectivity index (χ1v) is 10.7. The highest BCUT2D eigenvalue weighted by molar-refractivity contribution is 6.46. The maximum absolute atomic E-state index is 13.0. The summed E-state index contributed by atoms with van der Waals surface area (Å²) >= 11 is 12.3. The molecule has 0 bridgehead atoms. The Hall–Kier alpha value is -2.80. The number of halogens is 2. The highest BCUT2D eigenvalue weighted by atomic mass is 35.5. The summed E-state index contributed by atoms with van der Waals surface area (Å²) in [5.74, 6) is -1.09. The minimum Gasteiger partial charge on any atom is -0.507 e. The number of aliphatic hydroxyl groups excluding tert-OH is 1. The van der Waals surface area contributed by atoms with Gasteiger partial charge in [-0.2, -0.15) is 0 Å². The Balaban J connectivity index is 2.09. The molecule has 2 aromatic carbocycles. The van der Waals surface area contributed by atoms with Crippen LogP contribution in [0, 0.1) is 0 Å². The smallest absolute Gasteiger partial charge is 0.295 e. The summed E-state index contributed by atoms with van der Waals surface area (Å²) in [5.41, 5.74) is 0.989. The number of amides is 1. The van der Waals surface area contributed by atoms with Crippen molar-refractivity contribution in [2.75, 3.05) is 33.8 Å². The SMILES string of the molecule is C=CCOc1ccc(/C(O)=C2/C(=O)C(=O)N(CCN(C)C)C2c2ccc(Cl)c(Cl)c2)cc1. The number of hydrogen-bond acceptors (Lipinski definition) is 5. The Morgan fingerprint density at radius 1 is 1.16 bits per heavy atom. The molecule has 0 aromatic heterocycles. The Morgan fingerprint density at radius 2 is 1.84 bits per heavy atom. The molecular weight excluding hydrogens is 451 g/mol. The van der Waals surface area contributed by atoms with E-state index in [2.05, 4.69) is 6.58 Å². The van der Waals surface area contributed by atoms with Crippen molar-refractivity contribution in [2.24, 2.45) is 0 Å². The molecule has 2 aromatic rings. The number of aliphatic hydroxyl groups is 1. The molecule has 0 aliphatic carbocycles. The largest absolute Gasteiger partial charge is 0.507 e. The summed E-state index contributed by atoms with van der Waals surface area (Å²) in [6.07, 6.45) is 1.63. The lowest BCUT2D eigenvalue weighted by Crippen LogP contribution is -2.35. The van der Waals surface area contributed by atoms with Gasteiger partial charge >= 0.3 is 0 Å². The molecule has 0 saturated carbocycles. The van der Waals surface area contributed by atoms with Crippen molar-refractivity contribution in [1.82, 2.24) is 9.80 Å². The maximum Gasteiger partial charge on any atom is 0.295 e. The zero-order chi connectivity index (χ0) is 23.4. The second-order valence-electron chi connectivity index (χ2n) is 7.59. The van der Waals surface area contributed by atoms with Crippen molar-refractivity contribution in [2.45, 2.75) is 6.04 Å². The van der Waals surface area contributed by atoms with Crippen LogP contribution in [0.25, 0.3) is 5.76 Å². The first-order chi connectivity index (χ1) is 15.2. The Bertz CT molecular complexity index is 1060. The minimum atomic E-state index is -0.790. The molecule has 1 amide bonds. The number of likely N-dealkylation sites (tertiary alicyclic amines) is 1. The zero-order valence-corrected chi connectivity index (χ0v) is 19.4. The van der Waals surface area contributed by atoms with Crippen molar-refractivity contribution in [3.05, 3.63) is 81.9 Å². The molecule has 6 nitrogen and oxygen atoms in total. The fraction of sp³-hybridized carbons (Fsp3) is 0.250. The fourth-order valence-electron chi connectivity index (χ4n) is 3.47. The minimum absolute atomic E-state index is 0.00639. The van der Waals surface area contributed by atoms with Gasteiger partial charge in [0.1, 0.15) is 18.1 Å². The topological polar surface area (TPSA) is 70.1 Å². The van der Waals surface area contributed by atoms with Crippen LogP contribution in [0.3, 0.4) is 0 Å². The normalized spacial score (nSPS) is 17.8. The number of rotatable bonds is 8. The predicted molar refractivity (Wildman–Crippen MR) is 126 cm³/mol. The Labute approximate surface area is 197 Å². The number of likely N-dealkylation sites (N-methyl/N-ethyl adjacent to an activating group) is 1. The summed E-state index contributed by atoms with van der Waals surface area (Å²) in [6, 6.07) is 10.7. The van der Waals surface area contributed by atoms with Crippen LogP contribution in [0.5, 0.6) is 5.75 Å². The molecule has 1 atom stereocenters. The number of nitrogens with zero attached hydrogens (tertiary/aromatic N) is 2. The van der Waals surface area contributed by atoms with Crippen molar-refractivity contribution in [1.29, 1.82) is 0 Å². The van der Waals surface area contributed by atoms with E-state index in [0.717, 1.165) is 0 Å². The number of ketones is 1. The van der Waals surface area contributed by atoms with E-state index in [1.54, 1.807) is 48.5 Å². The van der Waals surface area contributed by atoms with Crippen LogP contribution >= 0.6 is 23.2 Å². The lowest BCUT2D eigenvalue weighted by atomic mass is 9.95. The molecule has 0 spiro atoms. The van der Waals surface area contributed by atoms with Gasteiger partial charge in [-0.15, -0.1) is 0 Å². The van der Waals surface area contributed by atoms with E-state index in [9.17, 15) is 14.7 Å². The number of benzene rings is 2. The quantitative estimate of drug-likeness (QED) is 0.263. The number of carbonyl (C=O) groups excluding carboxylic acids is 2. The number of Topliss-reactive ketones (excluding diaryl/α,β-unsaturated/α-hetero) is 1. The van der Waals surface area contributed by atoms with Gasteiger partial charge in [0.15, 0.2) is 0 Å². The molecular formula is C24H24Cl2N2O4. The Kier molecular flexibility index (Phi) is 7.61. The van der Waals surface area contributed by atoms with Gasteiger partial charge in [0.2, 0.25) is 0 Å². The van der Waals surface area contributed by atoms with E-state index in [4.69, 9.17) is 27.9 Å². The van der Waals surface area contributed by atoms with E-state index in [0.29, 0.717) is 46.6 Å². The van der Waals surface area contributed by atoms with Gasteiger partial charge < -0.3 is 19.6 Å². The van der Waals surface area contributed by atoms with E-state index in [1.807, 2.05) is 19.0 Å². The summed E-state index contributed by atoms with van der Waals surface area (Å²) in [7, 11) is 3.75. The van der Waals surface area contributed by atoms with Gasteiger partial charge in [0.25, 0.3) is 11.7 Å². The molecule has 1 fully saturated rings. The molecule has 3 rings (SSSR count). The first-order valence-electron chi connectivity index (χ1n) is 9.96. The maximum atomic E-state index is 13.0. The number of carbonyl (C=O) groups is 2. The van der Waals surface area contributed by atoms with E-state index >= 15 is 0 Å². The summed E-state index contributed by atoms with van der Waals surface area (Å²) in [4.78, 5) is 29.3. The molecule has 1 N–H and O–H groups in total. The molecule has 0 radical (unpaired) electrons. The average Bonchev–Trinajstić information content (AvgIpc) is 3.02. The highest BCUT2D eigenvalue weighted by Gasteiger charge is 2.46. The van der Waals surface area contributed by atoms with Crippen LogP contribution in [0.2, 0.25) is 10.0 Å². The second-order valence-corrected chi connectivity index (χ2v) is 8.41. The summed E-state index contributed by atoms with van der Waals surface area (Å²) in [5, 5.41) is 11.7. The molecule has 32 heavy (non-hydrogen) atoms. The van der Waals surface area contributed by atoms with Gasteiger partial charge in [0.05, 0.1) is 21.7 Å². The van der Waals surface area contributed by atoms with E-state index in [-0.39, 0.29) is 11.3 Å². The van der Waals surface area contributed by atoms with Crippen LogP contribution in [-0.2, 0) is 9.59 Å². The second kappa shape index (κ2) is 10.2. The monoisotopic (exact) mass is 474 g/mol. The van der Waals surface area contributed by atoms with Crippen LogP contribution in [0.4, 0.5) is 0 Å². The van der Waals surface area contributed by atoms with Crippen LogP contribution < -0.4 is 4.74 Å². The third kappa shape index (κ3) is 4.99. The third-order valence-corrected chi connectivity index (χ3v) is 5.82. The molecule has 1 aliphatic heterocycles. The molecule has 1 aliphatic rings. The van der Waals surface area contributed by atoms with E-state index < -0.39 is 17.7 Å². The predicted octanol–water partition coefficient (Wildman–Crippen LogP) is 4.54. The van der Waals surface area contributed by atoms with Gasteiger partial charge in [-0.1, -0.05) is 41.9 Å². The first kappa shape index (κ1) is 23.9. The van der Waals surface area contributed by atoms with Gasteiger partial charge in [-0.3, -0.25) is 9.59 Å². The van der Waals surface area contributed by atoms with Gasteiger partial charge in [-0.05, 0) is 56.1 Å². The van der Waals surface area contributed by atoms with E-state index in [1.165, 1.54) is 4.90 Å². The average molecular weight is 475 g/mol. The highest BCUT2D eigenvalue weighted by Crippen LogP contribution is 2.40. The fourth-order valence-corrected chi connectivity index (χ4v) is 3.77. The standard InChI is InChI=1S/C24H24Cl2N2O4/c1-4-13-32-17-8-5-15(6-9-17)22(29)20-21(16-7-10-18(25)19(26)14-16)28(12-11-27(2)3)24(31)23(20)30/h4-10,14,21,29H,1,11-13H2,2-3H3/b22-20-. The number of hydrogen-bond donors (Lipinski definition) is 1. The van der Waals surface area contributed by atoms with Crippen molar-refractivity contribution in [3.63, 3.8) is 0 Å². The molecule has 8 heteroatoms. The zero-order valence-electron chi connectivity index (χ0n) is 17.8.